The number of hydrogen-bond acceptors (Lipinski definition) is 4. The van der Waals surface area contributed by atoms with Gasteiger partial charge in [0.05, 0.1) is 6.21 Å². The summed E-state index contributed by atoms with van der Waals surface area (Å²) >= 11 is 5.78. The van der Waals surface area contributed by atoms with Crippen molar-refractivity contribution in [2.24, 2.45) is 5.10 Å². The van der Waals surface area contributed by atoms with Gasteiger partial charge in [0.15, 0.2) is 0 Å². The van der Waals surface area contributed by atoms with Crippen molar-refractivity contribution in [3.63, 3.8) is 0 Å². The number of aryl methyl sites for hydroxylation is 1. The van der Waals surface area contributed by atoms with E-state index in [1.807, 2.05) is 43.3 Å². The Morgan fingerprint density at radius 1 is 0.933 bits per heavy atom. The van der Waals surface area contributed by atoms with Gasteiger partial charge in [-0.25, -0.2) is 5.43 Å². The number of rotatable bonds is 6. The number of carbonyl (C=O) groups excluding carboxylic acids is 2. The van der Waals surface area contributed by atoms with Crippen LogP contribution in [0.3, 0.4) is 0 Å². The number of halogens is 1. The van der Waals surface area contributed by atoms with Gasteiger partial charge < -0.3 is 10.1 Å². The first kappa shape index (κ1) is 21.1. The highest BCUT2D eigenvalue weighted by atomic mass is 35.5. The second-order valence-electron chi connectivity index (χ2n) is 6.50. The molecule has 30 heavy (non-hydrogen) atoms. The normalized spacial score (nSPS) is 10.6. The fourth-order valence-corrected chi connectivity index (χ4v) is 2.56. The maximum Gasteiger partial charge on any atom is 0.329 e. The van der Waals surface area contributed by atoms with Crippen molar-refractivity contribution >= 4 is 35.3 Å². The molecule has 0 aliphatic heterocycles. The van der Waals surface area contributed by atoms with Crippen LogP contribution in [0.4, 0.5) is 5.69 Å². The first-order chi connectivity index (χ1) is 14.5. The minimum Gasteiger partial charge on any atom is -0.489 e. The molecule has 152 valence electrons. The van der Waals surface area contributed by atoms with Crippen LogP contribution < -0.4 is 15.5 Å². The molecule has 2 amide bonds. The van der Waals surface area contributed by atoms with Gasteiger partial charge in [0.1, 0.15) is 12.4 Å². The number of ether oxygens (including phenoxy) is 1. The summed E-state index contributed by atoms with van der Waals surface area (Å²) in [6, 6.07) is 21.8. The van der Waals surface area contributed by atoms with E-state index in [-0.39, 0.29) is 0 Å². The van der Waals surface area contributed by atoms with Crippen LogP contribution in [-0.4, -0.2) is 18.0 Å². The number of nitrogens with one attached hydrogen (secondary N) is 2. The Morgan fingerprint density at radius 3 is 2.27 bits per heavy atom. The van der Waals surface area contributed by atoms with E-state index in [1.165, 1.54) is 11.8 Å². The first-order valence-corrected chi connectivity index (χ1v) is 9.56. The zero-order valence-corrected chi connectivity index (χ0v) is 17.0. The number of nitrogens with zero attached hydrogens (tertiary/aromatic N) is 1. The van der Waals surface area contributed by atoms with Crippen molar-refractivity contribution < 1.29 is 14.3 Å². The molecule has 3 aromatic carbocycles. The van der Waals surface area contributed by atoms with Gasteiger partial charge in [-0.3, -0.25) is 9.59 Å². The van der Waals surface area contributed by atoms with Crippen molar-refractivity contribution in [3.8, 4) is 5.75 Å². The van der Waals surface area contributed by atoms with Crippen LogP contribution in [-0.2, 0) is 16.2 Å². The van der Waals surface area contributed by atoms with E-state index < -0.39 is 11.8 Å². The third kappa shape index (κ3) is 6.46. The molecule has 3 rings (SSSR count). The molecule has 0 saturated carbocycles. The monoisotopic (exact) mass is 421 g/mol. The summed E-state index contributed by atoms with van der Waals surface area (Å²) in [5.41, 5.74) is 5.69. The fraction of sp³-hybridized carbons (Fsp3) is 0.0870. The molecule has 0 aromatic heterocycles. The molecule has 0 heterocycles. The summed E-state index contributed by atoms with van der Waals surface area (Å²) in [6.45, 7) is 2.52. The molecular weight excluding hydrogens is 402 g/mol. The van der Waals surface area contributed by atoms with E-state index >= 15 is 0 Å². The van der Waals surface area contributed by atoms with Gasteiger partial charge in [-0.2, -0.15) is 5.10 Å². The highest BCUT2D eigenvalue weighted by molar-refractivity contribution is 6.39. The van der Waals surface area contributed by atoms with Gasteiger partial charge in [0, 0.05) is 10.7 Å². The molecule has 0 bridgehead atoms. The van der Waals surface area contributed by atoms with Gasteiger partial charge in [0.2, 0.25) is 0 Å². The lowest BCUT2D eigenvalue weighted by atomic mass is 10.2. The number of carbonyl (C=O) groups is 2. The second kappa shape index (κ2) is 10.2. The first-order valence-electron chi connectivity index (χ1n) is 9.18. The Kier molecular flexibility index (Phi) is 7.19. The summed E-state index contributed by atoms with van der Waals surface area (Å²) in [5, 5.41) is 6.79. The topological polar surface area (TPSA) is 79.8 Å². The largest absolute Gasteiger partial charge is 0.489 e. The van der Waals surface area contributed by atoms with Crippen LogP contribution in [0.15, 0.2) is 77.9 Å². The molecule has 7 heteroatoms. The van der Waals surface area contributed by atoms with E-state index in [2.05, 4.69) is 15.8 Å². The zero-order valence-electron chi connectivity index (χ0n) is 16.3. The summed E-state index contributed by atoms with van der Waals surface area (Å²) in [4.78, 5) is 23.7. The van der Waals surface area contributed by atoms with Crippen LogP contribution in [0.5, 0.6) is 5.75 Å². The number of hydrogen-bond donors (Lipinski definition) is 2. The lowest BCUT2D eigenvalue weighted by Crippen LogP contribution is -2.32. The third-order valence-corrected chi connectivity index (χ3v) is 4.35. The van der Waals surface area contributed by atoms with Crippen molar-refractivity contribution in [1.29, 1.82) is 0 Å². The standard InChI is InChI=1S/C23H20ClN3O3/c1-16-2-4-18(5-3-16)15-30-21-12-6-17(7-13-21)14-25-27-23(29)22(28)26-20-10-8-19(24)9-11-20/h2-14H,15H2,1H3,(H,26,28)(H,27,29)/b25-14+. The van der Waals surface area contributed by atoms with Gasteiger partial charge in [0.25, 0.3) is 0 Å². The quantitative estimate of drug-likeness (QED) is 0.353. The Morgan fingerprint density at radius 2 is 1.60 bits per heavy atom. The lowest BCUT2D eigenvalue weighted by Gasteiger charge is -2.07. The summed E-state index contributed by atoms with van der Waals surface area (Å²) in [5.74, 6) is -0.979. The summed E-state index contributed by atoms with van der Waals surface area (Å²) in [7, 11) is 0. The number of hydrazone groups is 1. The maximum absolute atomic E-state index is 11.8. The van der Waals surface area contributed by atoms with Crippen LogP contribution >= 0.6 is 11.6 Å². The molecule has 0 aliphatic rings. The van der Waals surface area contributed by atoms with E-state index in [9.17, 15) is 9.59 Å². The van der Waals surface area contributed by atoms with Crippen LogP contribution in [0, 0.1) is 6.92 Å². The SMILES string of the molecule is Cc1ccc(COc2ccc(/C=N/NC(=O)C(=O)Nc3ccc(Cl)cc3)cc2)cc1. The van der Waals surface area contributed by atoms with Gasteiger partial charge in [-0.1, -0.05) is 41.4 Å². The maximum atomic E-state index is 11.8. The molecule has 6 nitrogen and oxygen atoms in total. The Labute approximate surface area is 179 Å². The predicted molar refractivity (Wildman–Crippen MR) is 118 cm³/mol. The Hall–Kier alpha value is -3.64. The number of benzene rings is 3. The molecule has 0 atom stereocenters. The summed E-state index contributed by atoms with van der Waals surface area (Å²) < 4.78 is 5.75. The van der Waals surface area contributed by atoms with E-state index in [1.54, 1.807) is 36.4 Å². The molecule has 0 unspecified atom stereocenters. The minimum absolute atomic E-state index is 0.463. The fourth-order valence-electron chi connectivity index (χ4n) is 2.44. The van der Waals surface area contributed by atoms with Gasteiger partial charge >= 0.3 is 11.8 Å². The molecular formula is C23H20ClN3O3. The van der Waals surface area contributed by atoms with E-state index in [0.717, 1.165) is 16.9 Å². The average Bonchev–Trinajstić information content (AvgIpc) is 2.76. The van der Waals surface area contributed by atoms with E-state index in [0.29, 0.717) is 17.3 Å². The number of amides is 2. The Balaban J connectivity index is 1.46. The predicted octanol–water partition coefficient (Wildman–Crippen LogP) is 4.32. The molecule has 0 saturated heterocycles. The van der Waals surface area contributed by atoms with Crippen LogP contribution in [0.25, 0.3) is 0 Å². The number of anilines is 1. The molecule has 0 fully saturated rings. The van der Waals surface area contributed by atoms with Crippen molar-refractivity contribution in [2.75, 3.05) is 5.32 Å². The van der Waals surface area contributed by atoms with Gasteiger partial charge in [-0.15, -0.1) is 0 Å². The zero-order chi connectivity index (χ0) is 21.3. The highest BCUT2D eigenvalue weighted by Crippen LogP contribution is 2.14. The van der Waals surface area contributed by atoms with Crippen molar-refractivity contribution in [3.05, 3.63) is 94.5 Å². The highest BCUT2D eigenvalue weighted by Gasteiger charge is 2.12. The molecule has 0 radical (unpaired) electrons. The third-order valence-electron chi connectivity index (χ3n) is 4.09. The van der Waals surface area contributed by atoms with E-state index in [4.69, 9.17) is 16.3 Å². The molecule has 0 spiro atoms. The van der Waals surface area contributed by atoms with Crippen LogP contribution in [0.2, 0.25) is 5.02 Å². The second-order valence-corrected chi connectivity index (χ2v) is 6.94. The average molecular weight is 422 g/mol. The lowest BCUT2D eigenvalue weighted by molar-refractivity contribution is -0.136. The smallest absolute Gasteiger partial charge is 0.329 e. The van der Waals surface area contributed by atoms with Crippen molar-refractivity contribution in [1.82, 2.24) is 5.43 Å². The minimum atomic E-state index is -0.876. The van der Waals surface area contributed by atoms with Crippen LogP contribution in [0.1, 0.15) is 16.7 Å². The van der Waals surface area contributed by atoms with Gasteiger partial charge in [-0.05, 0) is 66.6 Å². The molecule has 0 aliphatic carbocycles. The molecule has 2 N–H and O–H groups in total. The Bertz CT molecular complexity index is 1030. The van der Waals surface area contributed by atoms with Crippen molar-refractivity contribution in [2.45, 2.75) is 13.5 Å². The molecule has 3 aromatic rings. The summed E-state index contributed by atoms with van der Waals surface area (Å²) in [6.07, 6.45) is 1.44.